The molecule has 1 aromatic rings. The summed E-state index contributed by atoms with van der Waals surface area (Å²) in [4.78, 5) is 36.0. The molecule has 1 heterocycles. The molecule has 100 valence electrons. The third-order valence-corrected chi connectivity index (χ3v) is 3.51. The van der Waals surface area contributed by atoms with Crippen molar-refractivity contribution in [3.05, 3.63) is 28.8 Å². The number of carbonyl (C=O) groups excluding carboxylic acids is 2. The summed E-state index contributed by atoms with van der Waals surface area (Å²) in [7, 11) is 0. The number of carboxylic acid groups (broad SMARTS) is 1. The molecule has 1 fully saturated rings. The Morgan fingerprint density at radius 3 is 2.42 bits per heavy atom. The van der Waals surface area contributed by atoms with E-state index in [1.54, 1.807) is 26.8 Å². The maximum atomic E-state index is 12.0. The lowest BCUT2D eigenvalue weighted by Crippen LogP contribution is -2.30. The Morgan fingerprint density at radius 1 is 1.32 bits per heavy atom. The fourth-order valence-electron chi connectivity index (χ4n) is 2.25. The highest BCUT2D eigenvalue weighted by molar-refractivity contribution is 6.21. The number of nitrogens with zero attached hydrogens (tertiary/aromatic N) is 1. The standard InChI is InChI=1S/C14H15NO4/c1-7-4-10(6-11(9(7)3)14(18)19)15-12(16)5-8(2)13(15)17/h4,6,8H,5H2,1-3H3,(H,18,19). The summed E-state index contributed by atoms with van der Waals surface area (Å²) in [5, 5.41) is 9.15. The van der Waals surface area contributed by atoms with Crippen LogP contribution in [0.2, 0.25) is 0 Å². The number of amides is 2. The molecule has 1 unspecified atom stereocenters. The van der Waals surface area contributed by atoms with E-state index in [-0.39, 0.29) is 29.7 Å². The molecule has 2 rings (SSSR count). The summed E-state index contributed by atoms with van der Waals surface area (Å²) in [6.07, 6.45) is 0.175. The van der Waals surface area contributed by atoms with Crippen molar-refractivity contribution >= 4 is 23.5 Å². The van der Waals surface area contributed by atoms with E-state index in [2.05, 4.69) is 0 Å². The highest BCUT2D eigenvalue weighted by Crippen LogP contribution is 2.29. The molecule has 19 heavy (non-hydrogen) atoms. The summed E-state index contributed by atoms with van der Waals surface area (Å²) in [5.41, 5.74) is 1.86. The van der Waals surface area contributed by atoms with Gasteiger partial charge in [0.25, 0.3) is 0 Å². The summed E-state index contributed by atoms with van der Waals surface area (Å²) >= 11 is 0. The average Bonchev–Trinajstić information content (AvgIpc) is 2.56. The van der Waals surface area contributed by atoms with Crippen LogP contribution in [0.5, 0.6) is 0 Å². The van der Waals surface area contributed by atoms with Crippen molar-refractivity contribution < 1.29 is 19.5 Å². The summed E-state index contributed by atoms with van der Waals surface area (Å²) < 4.78 is 0. The third kappa shape index (κ3) is 2.12. The van der Waals surface area contributed by atoms with Crippen LogP contribution in [0.25, 0.3) is 0 Å². The molecular weight excluding hydrogens is 246 g/mol. The van der Waals surface area contributed by atoms with Gasteiger partial charge in [-0.15, -0.1) is 0 Å². The minimum absolute atomic E-state index is 0.121. The van der Waals surface area contributed by atoms with Crippen molar-refractivity contribution in [2.45, 2.75) is 27.2 Å². The van der Waals surface area contributed by atoms with Crippen molar-refractivity contribution in [2.24, 2.45) is 5.92 Å². The van der Waals surface area contributed by atoms with Crippen LogP contribution in [0.15, 0.2) is 12.1 Å². The predicted molar refractivity (Wildman–Crippen MR) is 69.1 cm³/mol. The number of carbonyl (C=O) groups is 3. The largest absolute Gasteiger partial charge is 0.478 e. The molecule has 0 radical (unpaired) electrons. The monoisotopic (exact) mass is 261 g/mol. The first-order valence-electron chi connectivity index (χ1n) is 6.04. The summed E-state index contributed by atoms with van der Waals surface area (Å²) in [5.74, 6) is -1.96. The van der Waals surface area contributed by atoms with Crippen LogP contribution >= 0.6 is 0 Å². The van der Waals surface area contributed by atoms with E-state index in [4.69, 9.17) is 5.11 Å². The Bertz CT molecular complexity index is 591. The first-order valence-corrected chi connectivity index (χ1v) is 6.04. The van der Waals surface area contributed by atoms with Crippen LogP contribution in [-0.4, -0.2) is 22.9 Å². The lowest BCUT2D eigenvalue weighted by molar-refractivity contribution is -0.122. The van der Waals surface area contributed by atoms with Gasteiger partial charge in [-0.05, 0) is 37.1 Å². The second-order valence-electron chi connectivity index (χ2n) is 4.91. The van der Waals surface area contributed by atoms with Gasteiger partial charge in [-0.3, -0.25) is 14.5 Å². The van der Waals surface area contributed by atoms with Crippen LogP contribution in [0.3, 0.4) is 0 Å². The minimum atomic E-state index is -1.06. The number of anilines is 1. The van der Waals surface area contributed by atoms with Crippen molar-refractivity contribution in [1.82, 2.24) is 0 Å². The number of aromatic carboxylic acids is 1. The molecule has 1 aliphatic rings. The van der Waals surface area contributed by atoms with Gasteiger partial charge in [0.15, 0.2) is 0 Å². The van der Waals surface area contributed by atoms with Crippen molar-refractivity contribution in [3.63, 3.8) is 0 Å². The van der Waals surface area contributed by atoms with Gasteiger partial charge in [-0.2, -0.15) is 0 Å². The van der Waals surface area contributed by atoms with E-state index in [1.807, 2.05) is 0 Å². The van der Waals surface area contributed by atoms with Crippen LogP contribution in [-0.2, 0) is 9.59 Å². The van der Waals surface area contributed by atoms with Gasteiger partial charge in [-0.25, -0.2) is 4.79 Å². The maximum absolute atomic E-state index is 12.0. The zero-order chi connectivity index (χ0) is 14.3. The first kappa shape index (κ1) is 13.3. The number of benzene rings is 1. The van der Waals surface area contributed by atoms with Crippen LogP contribution < -0.4 is 4.90 Å². The van der Waals surface area contributed by atoms with E-state index in [0.29, 0.717) is 11.3 Å². The third-order valence-electron chi connectivity index (χ3n) is 3.51. The molecule has 2 amide bonds. The first-order chi connectivity index (χ1) is 8.82. The Morgan fingerprint density at radius 2 is 1.95 bits per heavy atom. The molecule has 0 saturated carbocycles. The number of hydrogen-bond donors (Lipinski definition) is 1. The van der Waals surface area contributed by atoms with E-state index < -0.39 is 5.97 Å². The Balaban J connectivity index is 2.55. The maximum Gasteiger partial charge on any atom is 0.336 e. The van der Waals surface area contributed by atoms with E-state index in [1.165, 1.54) is 6.07 Å². The molecule has 1 N–H and O–H groups in total. The number of rotatable bonds is 2. The van der Waals surface area contributed by atoms with Gasteiger partial charge in [0.05, 0.1) is 11.3 Å². The molecule has 0 spiro atoms. The van der Waals surface area contributed by atoms with Gasteiger partial charge in [0.1, 0.15) is 0 Å². The number of hydrogen-bond acceptors (Lipinski definition) is 3. The van der Waals surface area contributed by atoms with E-state index in [9.17, 15) is 14.4 Å². The molecular formula is C14H15NO4. The van der Waals surface area contributed by atoms with Gasteiger partial charge in [0.2, 0.25) is 11.8 Å². The zero-order valence-electron chi connectivity index (χ0n) is 11.1. The second kappa shape index (κ2) is 4.50. The minimum Gasteiger partial charge on any atom is -0.478 e. The molecule has 5 nitrogen and oxygen atoms in total. The number of imide groups is 1. The van der Waals surface area contributed by atoms with Gasteiger partial charge < -0.3 is 5.11 Å². The quantitative estimate of drug-likeness (QED) is 0.825. The fourth-order valence-corrected chi connectivity index (χ4v) is 2.25. The Kier molecular flexibility index (Phi) is 3.14. The lowest BCUT2D eigenvalue weighted by Gasteiger charge is -2.17. The van der Waals surface area contributed by atoms with Crippen LogP contribution in [0.1, 0.15) is 34.8 Å². The topological polar surface area (TPSA) is 74.7 Å². The molecule has 5 heteroatoms. The van der Waals surface area contributed by atoms with Crippen molar-refractivity contribution in [1.29, 1.82) is 0 Å². The highest BCUT2D eigenvalue weighted by Gasteiger charge is 2.37. The lowest BCUT2D eigenvalue weighted by atomic mass is 10.0. The zero-order valence-corrected chi connectivity index (χ0v) is 11.1. The number of carboxylic acids is 1. The SMILES string of the molecule is Cc1cc(N2C(=O)CC(C)C2=O)cc(C(=O)O)c1C. The number of aryl methyl sites for hydroxylation is 1. The molecule has 1 aliphatic heterocycles. The Hall–Kier alpha value is -2.17. The average molecular weight is 261 g/mol. The fraction of sp³-hybridized carbons (Fsp3) is 0.357. The molecule has 1 atom stereocenters. The molecule has 1 aromatic carbocycles. The van der Waals surface area contributed by atoms with Crippen molar-refractivity contribution in [3.8, 4) is 0 Å². The summed E-state index contributed by atoms with van der Waals surface area (Å²) in [6.45, 7) is 5.16. The van der Waals surface area contributed by atoms with Gasteiger partial charge in [-0.1, -0.05) is 6.92 Å². The molecule has 0 aliphatic carbocycles. The van der Waals surface area contributed by atoms with Crippen LogP contribution in [0, 0.1) is 19.8 Å². The highest BCUT2D eigenvalue weighted by atomic mass is 16.4. The van der Waals surface area contributed by atoms with E-state index in [0.717, 1.165) is 10.5 Å². The van der Waals surface area contributed by atoms with Gasteiger partial charge >= 0.3 is 5.97 Å². The summed E-state index contributed by atoms with van der Waals surface area (Å²) in [6, 6.07) is 3.06. The smallest absolute Gasteiger partial charge is 0.336 e. The van der Waals surface area contributed by atoms with Gasteiger partial charge in [0, 0.05) is 12.3 Å². The van der Waals surface area contributed by atoms with Crippen LogP contribution in [0.4, 0.5) is 5.69 Å². The second-order valence-corrected chi connectivity index (χ2v) is 4.91. The molecule has 0 aromatic heterocycles. The molecule has 0 bridgehead atoms. The predicted octanol–water partition coefficient (Wildman–Crippen LogP) is 1.90. The van der Waals surface area contributed by atoms with E-state index >= 15 is 0 Å². The van der Waals surface area contributed by atoms with Crippen molar-refractivity contribution in [2.75, 3.05) is 4.90 Å². The Labute approximate surface area is 110 Å². The normalized spacial score (nSPS) is 19.1. The molecule has 1 saturated heterocycles.